The SMILES string of the molecule is CCCCC(CCC)C(=O)Nc1ccc(NC)c(N=Cc2ccc(N)cc2)c1. The van der Waals surface area contributed by atoms with Gasteiger partial charge in [0.2, 0.25) is 5.91 Å². The van der Waals surface area contributed by atoms with Gasteiger partial charge in [-0.2, -0.15) is 0 Å². The van der Waals surface area contributed by atoms with Crippen LogP contribution < -0.4 is 16.4 Å². The Balaban J connectivity index is 2.16. The zero-order valence-corrected chi connectivity index (χ0v) is 17.2. The lowest BCUT2D eigenvalue weighted by atomic mass is 9.96. The zero-order valence-electron chi connectivity index (χ0n) is 17.2. The van der Waals surface area contributed by atoms with E-state index >= 15 is 0 Å². The van der Waals surface area contributed by atoms with E-state index in [0.29, 0.717) is 0 Å². The first-order chi connectivity index (χ1) is 13.6. The number of amides is 1. The molecule has 28 heavy (non-hydrogen) atoms. The molecule has 1 amide bonds. The van der Waals surface area contributed by atoms with Crippen LogP contribution in [-0.4, -0.2) is 19.2 Å². The fourth-order valence-corrected chi connectivity index (χ4v) is 3.10. The van der Waals surface area contributed by atoms with E-state index in [-0.39, 0.29) is 11.8 Å². The normalized spacial score (nSPS) is 12.1. The topological polar surface area (TPSA) is 79.5 Å². The molecule has 0 heterocycles. The number of aliphatic imine (C=N–C) groups is 1. The number of nitrogens with one attached hydrogen (secondary N) is 2. The number of carbonyl (C=O) groups excluding carboxylic acids is 1. The van der Waals surface area contributed by atoms with Crippen LogP contribution in [0.2, 0.25) is 0 Å². The van der Waals surface area contributed by atoms with Gasteiger partial charge in [0.15, 0.2) is 0 Å². The van der Waals surface area contributed by atoms with Crippen molar-refractivity contribution in [3.05, 3.63) is 48.0 Å². The fraction of sp³-hybridized carbons (Fsp3) is 0.391. The zero-order chi connectivity index (χ0) is 20.4. The average Bonchev–Trinajstić information content (AvgIpc) is 2.70. The van der Waals surface area contributed by atoms with Crippen LogP contribution in [0, 0.1) is 5.92 Å². The maximum absolute atomic E-state index is 12.7. The Morgan fingerprint density at radius 1 is 1.11 bits per heavy atom. The first kappa shape index (κ1) is 21.5. The fourth-order valence-electron chi connectivity index (χ4n) is 3.10. The Labute approximate surface area is 168 Å². The molecule has 4 N–H and O–H groups in total. The maximum atomic E-state index is 12.7. The predicted molar refractivity (Wildman–Crippen MR) is 121 cm³/mol. The van der Waals surface area contributed by atoms with Gasteiger partial charge in [-0.1, -0.05) is 45.2 Å². The van der Waals surface area contributed by atoms with E-state index in [0.717, 1.165) is 60.4 Å². The molecule has 0 aliphatic rings. The Hall–Kier alpha value is -2.82. The lowest BCUT2D eigenvalue weighted by molar-refractivity contribution is -0.120. The van der Waals surface area contributed by atoms with Crippen LogP contribution in [0.25, 0.3) is 0 Å². The monoisotopic (exact) mass is 380 g/mol. The molecule has 0 fully saturated rings. The number of nitrogens with zero attached hydrogens (tertiary/aromatic N) is 1. The van der Waals surface area contributed by atoms with Crippen LogP contribution in [-0.2, 0) is 4.79 Å². The number of carbonyl (C=O) groups is 1. The maximum Gasteiger partial charge on any atom is 0.227 e. The van der Waals surface area contributed by atoms with Gasteiger partial charge in [0.05, 0.1) is 11.4 Å². The first-order valence-electron chi connectivity index (χ1n) is 10.1. The summed E-state index contributed by atoms with van der Waals surface area (Å²) in [5.74, 6) is 0.164. The van der Waals surface area contributed by atoms with Crippen molar-refractivity contribution in [1.82, 2.24) is 0 Å². The van der Waals surface area contributed by atoms with Crippen molar-refractivity contribution in [2.24, 2.45) is 10.9 Å². The van der Waals surface area contributed by atoms with E-state index in [1.54, 1.807) is 6.21 Å². The van der Waals surface area contributed by atoms with Crippen LogP contribution >= 0.6 is 0 Å². The molecular weight excluding hydrogens is 348 g/mol. The van der Waals surface area contributed by atoms with E-state index in [4.69, 9.17) is 5.73 Å². The summed E-state index contributed by atoms with van der Waals surface area (Å²) in [5, 5.41) is 6.22. The second-order valence-corrected chi connectivity index (χ2v) is 7.02. The molecule has 0 bridgehead atoms. The molecule has 0 aliphatic carbocycles. The molecule has 0 spiro atoms. The van der Waals surface area contributed by atoms with E-state index in [9.17, 15) is 4.79 Å². The van der Waals surface area contributed by atoms with Crippen molar-refractivity contribution in [2.75, 3.05) is 23.4 Å². The first-order valence-corrected chi connectivity index (χ1v) is 10.1. The highest BCUT2D eigenvalue weighted by Crippen LogP contribution is 2.29. The molecule has 0 saturated heterocycles. The Bertz CT molecular complexity index is 784. The second kappa shape index (κ2) is 11.1. The largest absolute Gasteiger partial charge is 0.399 e. The second-order valence-electron chi connectivity index (χ2n) is 7.02. The number of nitrogens with two attached hydrogens (primary N) is 1. The molecule has 5 nitrogen and oxygen atoms in total. The lowest BCUT2D eigenvalue weighted by Gasteiger charge is -2.16. The molecule has 150 valence electrons. The summed E-state index contributed by atoms with van der Waals surface area (Å²) in [5.41, 5.74) is 9.87. The number of unbranched alkanes of at least 4 members (excludes halogenated alkanes) is 1. The summed E-state index contributed by atoms with van der Waals surface area (Å²) in [4.78, 5) is 17.3. The van der Waals surface area contributed by atoms with E-state index in [1.165, 1.54) is 0 Å². The summed E-state index contributed by atoms with van der Waals surface area (Å²) in [6.07, 6.45) is 6.84. The van der Waals surface area contributed by atoms with Gasteiger partial charge in [0.25, 0.3) is 0 Å². The van der Waals surface area contributed by atoms with Gasteiger partial charge in [0, 0.05) is 30.6 Å². The van der Waals surface area contributed by atoms with Crippen molar-refractivity contribution in [1.29, 1.82) is 0 Å². The van der Waals surface area contributed by atoms with Crippen LogP contribution in [0.5, 0.6) is 0 Å². The number of rotatable bonds is 10. The molecule has 0 saturated carbocycles. The van der Waals surface area contributed by atoms with Crippen LogP contribution in [0.4, 0.5) is 22.7 Å². The minimum Gasteiger partial charge on any atom is -0.399 e. The molecule has 1 atom stereocenters. The molecule has 0 aliphatic heterocycles. The standard InChI is InChI=1S/C23H32N4O/c1-4-6-8-18(7-5-2)23(28)27-20-13-14-21(25-3)22(15-20)26-16-17-9-11-19(24)12-10-17/h9-16,18,25H,4-8,24H2,1-3H3,(H,27,28). The summed E-state index contributed by atoms with van der Waals surface area (Å²) in [6.45, 7) is 4.28. The molecule has 0 aromatic heterocycles. The van der Waals surface area contributed by atoms with E-state index in [2.05, 4.69) is 29.5 Å². The average molecular weight is 381 g/mol. The summed E-state index contributed by atoms with van der Waals surface area (Å²) < 4.78 is 0. The Kier molecular flexibility index (Phi) is 8.53. The summed E-state index contributed by atoms with van der Waals surface area (Å²) in [6, 6.07) is 13.3. The van der Waals surface area contributed by atoms with Crippen molar-refractivity contribution >= 4 is 34.9 Å². The van der Waals surface area contributed by atoms with Crippen molar-refractivity contribution < 1.29 is 4.79 Å². The molecular formula is C23H32N4O. The van der Waals surface area contributed by atoms with Gasteiger partial charge in [-0.15, -0.1) is 0 Å². The van der Waals surface area contributed by atoms with E-state index < -0.39 is 0 Å². The number of hydrogen-bond donors (Lipinski definition) is 3. The van der Waals surface area contributed by atoms with Crippen molar-refractivity contribution in [3.63, 3.8) is 0 Å². The molecule has 2 rings (SSSR count). The smallest absolute Gasteiger partial charge is 0.227 e. The summed E-state index contributed by atoms with van der Waals surface area (Å²) in [7, 11) is 1.86. The number of hydrogen-bond acceptors (Lipinski definition) is 4. The van der Waals surface area contributed by atoms with Crippen LogP contribution in [0.3, 0.4) is 0 Å². The van der Waals surface area contributed by atoms with Crippen LogP contribution in [0.15, 0.2) is 47.5 Å². The number of nitrogen functional groups attached to an aromatic ring is 1. The number of anilines is 3. The molecule has 1 unspecified atom stereocenters. The third kappa shape index (κ3) is 6.41. The van der Waals surface area contributed by atoms with E-state index in [1.807, 2.05) is 49.5 Å². The Morgan fingerprint density at radius 2 is 1.86 bits per heavy atom. The quantitative estimate of drug-likeness (QED) is 0.370. The van der Waals surface area contributed by atoms with Crippen molar-refractivity contribution in [3.8, 4) is 0 Å². The van der Waals surface area contributed by atoms with Crippen molar-refractivity contribution in [2.45, 2.75) is 46.0 Å². The Morgan fingerprint density at radius 3 is 2.50 bits per heavy atom. The molecule has 2 aromatic rings. The van der Waals surface area contributed by atoms with Gasteiger partial charge >= 0.3 is 0 Å². The molecule has 0 radical (unpaired) electrons. The van der Waals surface area contributed by atoms with Gasteiger partial charge in [-0.25, -0.2) is 0 Å². The molecule has 2 aromatic carbocycles. The highest BCUT2D eigenvalue weighted by Gasteiger charge is 2.17. The van der Waals surface area contributed by atoms with Crippen LogP contribution in [0.1, 0.15) is 51.5 Å². The van der Waals surface area contributed by atoms with Gasteiger partial charge in [-0.05, 0) is 48.7 Å². The minimum atomic E-state index is 0.0654. The highest BCUT2D eigenvalue weighted by atomic mass is 16.1. The minimum absolute atomic E-state index is 0.0654. The van der Waals surface area contributed by atoms with Gasteiger partial charge in [-0.3, -0.25) is 9.79 Å². The number of benzene rings is 2. The summed E-state index contributed by atoms with van der Waals surface area (Å²) >= 11 is 0. The van der Waals surface area contributed by atoms with Gasteiger partial charge in [0.1, 0.15) is 0 Å². The lowest BCUT2D eigenvalue weighted by Crippen LogP contribution is -2.22. The molecule has 5 heteroatoms. The third-order valence-corrected chi connectivity index (χ3v) is 4.74. The predicted octanol–water partition coefficient (Wildman–Crippen LogP) is 5.61. The third-order valence-electron chi connectivity index (χ3n) is 4.74. The highest BCUT2D eigenvalue weighted by molar-refractivity contribution is 5.94. The van der Waals surface area contributed by atoms with Gasteiger partial charge < -0.3 is 16.4 Å².